The molecule has 0 bridgehead atoms. The van der Waals surface area contributed by atoms with Crippen molar-refractivity contribution in [2.75, 3.05) is 6.54 Å². The maximum atomic E-state index is 5.95. The van der Waals surface area contributed by atoms with Crippen molar-refractivity contribution in [1.29, 1.82) is 0 Å². The molecule has 0 saturated heterocycles. The molecule has 0 atom stereocenters. The van der Waals surface area contributed by atoms with Crippen molar-refractivity contribution in [3.63, 3.8) is 0 Å². The fourth-order valence-corrected chi connectivity index (χ4v) is 2.00. The predicted octanol–water partition coefficient (Wildman–Crippen LogP) is 3.08. The first-order chi connectivity index (χ1) is 8.81. The van der Waals surface area contributed by atoms with Gasteiger partial charge in [0.25, 0.3) is 0 Å². The molecule has 2 rings (SSSR count). The lowest BCUT2D eigenvalue weighted by molar-refractivity contribution is 0.301. The summed E-state index contributed by atoms with van der Waals surface area (Å²) in [5, 5.41) is 0. The fraction of sp³-hybridized carbons (Fsp3) is 0.250. The van der Waals surface area contributed by atoms with Crippen LogP contribution in [0.2, 0.25) is 0 Å². The van der Waals surface area contributed by atoms with E-state index in [-0.39, 0.29) is 0 Å². The fourth-order valence-electron chi connectivity index (χ4n) is 2.00. The predicted molar refractivity (Wildman–Crippen MR) is 74.7 cm³/mol. The molecule has 0 aliphatic carbocycles. The lowest BCUT2D eigenvalue weighted by atomic mass is 10.1. The molecule has 2 aromatic rings. The van der Waals surface area contributed by atoms with Crippen LogP contribution < -0.4 is 10.5 Å². The highest BCUT2D eigenvalue weighted by molar-refractivity contribution is 5.41. The maximum absolute atomic E-state index is 5.95. The quantitative estimate of drug-likeness (QED) is 0.873. The van der Waals surface area contributed by atoms with E-state index in [1.54, 1.807) is 0 Å². The van der Waals surface area contributed by atoms with E-state index in [2.05, 4.69) is 37.3 Å². The van der Waals surface area contributed by atoms with E-state index in [0.717, 1.165) is 17.7 Å². The summed E-state index contributed by atoms with van der Waals surface area (Å²) in [6.07, 6.45) is 0.853. The second-order valence-corrected chi connectivity index (χ2v) is 4.38. The molecule has 0 radical (unpaired) electrons. The van der Waals surface area contributed by atoms with Gasteiger partial charge in [0.05, 0.1) is 0 Å². The number of rotatable bonds is 5. The number of benzene rings is 2. The molecule has 0 aliphatic heterocycles. The Bertz CT molecular complexity index is 494. The van der Waals surface area contributed by atoms with E-state index >= 15 is 0 Å². The molecule has 0 amide bonds. The molecule has 0 fully saturated rings. The van der Waals surface area contributed by atoms with Gasteiger partial charge in [-0.2, -0.15) is 0 Å². The Morgan fingerprint density at radius 2 is 1.78 bits per heavy atom. The molecule has 0 unspecified atom stereocenters. The van der Waals surface area contributed by atoms with Crippen LogP contribution in [-0.2, 0) is 13.0 Å². The van der Waals surface area contributed by atoms with Gasteiger partial charge in [-0.05, 0) is 36.6 Å². The summed E-state index contributed by atoms with van der Waals surface area (Å²) in [6, 6.07) is 16.4. The highest BCUT2D eigenvalue weighted by Crippen LogP contribution is 2.24. The number of para-hydroxylation sites is 1. The van der Waals surface area contributed by atoms with Gasteiger partial charge >= 0.3 is 0 Å². The Morgan fingerprint density at radius 3 is 2.50 bits per heavy atom. The van der Waals surface area contributed by atoms with Crippen molar-refractivity contribution in [1.82, 2.24) is 0 Å². The van der Waals surface area contributed by atoms with Crippen molar-refractivity contribution in [3.05, 3.63) is 65.2 Å². The summed E-state index contributed by atoms with van der Waals surface area (Å²) in [4.78, 5) is 0. The first-order valence-corrected chi connectivity index (χ1v) is 6.26. The molecule has 2 nitrogen and oxygen atoms in total. The van der Waals surface area contributed by atoms with Gasteiger partial charge in [0.15, 0.2) is 0 Å². The van der Waals surface area contributed by atoms with Crippen LogP contribution in [0, 0.1) is 6.92 Å². The van der Waals surface area contributed by atoms with Gasteiger partial charge in [-0.3, -0.25) is 0 Å². The second-order valence-electron chi connectivity index (χ2n) is 4.38. The minimum absolute atomic E-state index is 0.600. The van der Waals surface area contributed by atoms with Gasteiger partial charge in [-0.15, -0.1) is 0 Å². The van der Waals surface area contributed by atoms with Gasteiger partial charge in [0.2, 0.25) is 0 Å². The third-order valence-corrected chi connectivity index (χ3v) is 2.93. The first kappa shape index (κ1) is 12.7. The smallest absolute Gasteiger partial charge is 0.125 e. The minimum atomic E-state index is 0.600. The third-order valence-electron chi connectivity index (χ3n) is 2.93. The molecule has 94 valence electrons. The summed E-state index contributed by atoms with van der Waals surface area (Å²) in [7, 11) is 0. The molecule has 0 spiro atoms. The van der Waals surface area contributed by atoms with Crippen LogP contribution in [0.3, 0.4) is 0 Å². The van der Waals surface area contributed by atoms with Crippen molar-refractivity contribution in [2.24, 2.45) is 5.73 Å². The first-order valence-electron chi connectivity index (χ1n) is 6.26. The monoisotopic (exact) mass is 241 g/mol. The summed E-state index contributed by atoms with van der Waals surface area (Å²) in [5.74, 6) is 0.979. The average Bonchev–Trinajstić information content (AvgIpc) is 2.40. The normalized spacial score (nSPS) is 10.3. The van der Waals surface area contributed by atoms with Gasteiger partial charge in [0, 0.05) is 0 Å². The van der Waals surface area contributed by atoms with Crippen LogP contribution in [0.4, 0.5) is 0 Å². The summed E-state index contributed by atoms with van der Waals surface area (Å²) < 4.78 is 5.95. The Balaban J connectivity index is 2.13. The van der Waals surface area contributed by atoms with E-state index in [0.29, 0.717) is 13.2 Å². The Kier molecular flexibility index (Phi) is 4.37. The van der Waals surface area contributed by atoms with E-state index in [1.807, 2.05) is 18.2 Å². The molecule has 0 aliphatic rings. The summed E-state index contributed by atoms with van der Waals surface area (Å²) in [6.45, 7) is 3.31. The van der Waals surface area contributed by atoms with Gasteiger partial charge in [-0.1, -0.05) is 48.5 Å². The van der Waals surface area contributed by atoms with Crippen LogP contribution in [0.25, 0.3) is 0 Å². The zero-order valence-corrected chi connectivity index (χ0v) is 10.7. The lowest BCUT2D eigenvalue weighted by Crippen LogP contribution is -2.06. The van der Waals surface area contributed by atoms with Crippen LogP contribution in [-0.4, -0.2) is 6.54 Å². The maximum Gasteiger partial charge on any atom is 0.125 e. The number of hydrogen-bond donors (Lipinski definition) is 1. The highest BCUT2D eigenvalue weighted by atomic mass is 16.5. The molecule has 0 saturated carbocycles. The molecule has 18 heavy (non-hydrogen) atoms. The van der Waals surface area contributed by atoms with E-state index in [4.69, 9.17) is 10.5 Å². The summed E-state index contributed by atoms with van der Waals surface area (Å²) in [5.41, 5.74) is 9.16. The number of aryl methyl sites for hydroxylation is 1. The molecular formula is C16H19NO. The molecule has 2 heteroatoms. The van der Waals surface area contributed by atoms with Gasteiger partial charge in [-0.25, -0.2) is 0 Å². The van der Waals surface area contributed by atoms with E-state index in [1.165, 1.54) is 11.1 Å². The zero-order chi connectivity index (χ0) is 12.8. The SMILES string of the molecule is Cc1cccc(CCN)c1OCc1ccccc1. The molecule has 2 N–H and O–H groups in total. The minimum Gasteiger partial charge on any atom is -0.488 e. The Morgan fingerprint density at radius 1 is 1.00 bits per heavy atom. The van der Waals surface area contributed by atoms with Crippen LogP contribution in [0.5, 0.6) is 5.75 Å². The number of nitrogens with two attached hydrogens (primary N) is 1. The number of ether oxygens (including phenoxy) is 1. The largest absolute Gasteiger partial charge is 0.488 e. The average molecular weight is 241 g/mol. The van der Waals surface area contributed by atoms with E-state index in [9.17, 15) is 0 Å². The molecule has 0 heterocycles. The molecule has 2 aromatic carbocycles. The summed E-state index contributed by atoms with van der Waals surface area (Å²) >= 11 is 0. The van der Waals surface area contributed by atoms with Gasteiger partial charge < -0.3 is 10.5 Å². The highest BCUT2D eigenvalue weighted by Gasteiger charge is 2.06. The van der Waals surface area contributed by atoms with Crippen molar-refractivity contribution < 1.29 is 4.74 Å². The lowest BCUT2D eigenvalue weighted by Gasteiger charge is -2.13. The van der Waals surface area contributed by atoms with Crippen LogP contribution >= 0.6 is 0 Å². The number of hydrogen-bond acceptors (Lipinski definition) is 2. The van der Waals surface area contributed by atoms with Crippen LogP contribution in [0.1, 0.15) is 16.7 Å². The zero-order valence-electron chi connectivity index (χ0n) is 10.7. The van der Waals surface area contributed by atoms with Crippen molar-refractivity contribution in [2.45, 2.75) is 20.0 Å². The standard InChI is InChI=1S/C16H19NO/c1-13-6-5-9-15(10-11-17)16(13)18-12-14-7-3-2-4-8-14/h2-9H,10-12,17H2,1H3. The Hall–Kier alpha value is -1.80. The third kappa shape index (κ3) is 3.11. The second kappa shape index (κ2) is 6.22. The van der Waals surface area contributed by atoms with Gasteiger partial charge in [0.1, 0.15) is 12.4 Å². The van der Waals surface area contributed by atoms with Crippen molar-refractivity contribution >= 4 is 0 Å². The topological polar surface area (TPSA) is 35.2 Å². The Labute approximate surface area is 108 Å². The van der Waals surface area contributed by atoms with Crippen LogP contribution in [0.15, 0.2) is 48.5 Å². The van der Waals surface area contributed by atoms with Crippen molar-refractivity contribution in [3.8, 4) is 5.75 Å². The van der Waals surface area contributed by atoms with E-state index < -0.39 is 0 Å². The molecular weight excluding hydrogens is 222 g/mol. The molecule has 0 aromatic heterocycles.